The molecule has 17 unspecified atom stereocenters. The summed E-state index contributed by atoms with van der Waals surface area (Å²) in [5, 5.41) is 121. The molecule has 19 heteroatoms. The van der Waals surface area contributed by atoms with Crippen LogP contribution in [0.2, 0.25) is 0 Å². The minimum atomic E-state index is -1.98. The van der Waals surface area contributed by atoms with Crippen LogP contribution in [0.3, 0.4) is 0 Å². The predicted octanol–water partition coefficient (Wildman–Crippen LogP) is 12.4. The lowest BCUT2D eigenvalue weighted by Gasteiger charge is -2.48. The molecular formula is C80H139NO18. The number of hydrogen-bond donors (Lipinski definition) is 12. The van der Waals surface area contributed by atoms with Crippen LogP contribution in [0, 0.1) is 0 Å². The van der Waals surface area contributed by atoms with Gasteiger partial charge in [0.1, 0.15) is 73.2 Å². The van der Waals surface area contributed by atoms with E-state index in [2.05, 4.69) is 104 Å². The number of nitrogens with one attached hydrogen (secondary N) is 1. The first-order valence-corrected chi connectivity index (χ1v) is 39.0. The Morgan fingerprint density at radius 2 is 0.707 bits per heavy atom. The third kappa shape index (κ3) is 40.5. The van der Waals surface area contributed by atoms with Gasteiger partial charge in [0.2, 0.25) is 5.91 Å². The van der Waals surface area contributed by atoms with Crippen LogP contribution in [0.15, 0.2) is 97.2 Å². The van der Waals surface area contributed by atoms with Gasteiger partial charge in [0.15, 0.2) is 18.9 Å². The molecule has 0 bridgehead atoms. The molecule has 0 aromatic rings. The number of carbonyl (C=O) groups excluding carboxylic acids is 1. The lowest BCUT2D eigenvalue weighted by molar-refractivity contribution is -0.379. The van der Waals surface area contributed by atoms with Crippen LogP contribution in [0.1, 0.15) is 271 Å². The number of allylic oxidation sites excluding steroid dienone is 15. The van der Waals surface area contributed by atoms with E-state index < -0.39 is 124 Å². The molecule has 17 atom stereocenters. The number of amides is 1. The first-order chi connectivity index (χ1) is 48.3. The smallest absolute Gasteiger partial charge is 0.220 e. The van der Waals surface area contributed by atoms with Crippen molar-refractivity contribution in [2.45, 2.75) is 375 Å². The van der Waals surface area contributed by atoms with Gasteiger partial charge in [-0.25, -0.2) is 0 Å². The van der Waals surface area contributed by atoms with E-state index in [1.165, 1.54) is 161 Å². The van der Waals surface area contributed by atoms with Gasteiger partial charge in [-0.2, -0.15) is 0 Å². The normalized spacial score (nSPS) is 27.1. The lowest BCUT2D eigenvalue weighted by Crippen LogP contribution is -2.66. The number of ether oxygens (including phenoxy) is 6. The zero-order valence-electron chi connectivity index (χ0n) is 60.9. The quantitative estimate of drug-likeness (QED) is 0.0199. The fourth-order valence-corrected chi connectivity index (χ4v) is 12.6. The van der Waals surface area contributed by atoms with Crippen molar-refractivity contribution in [3.8, 4) is 0 Å². The summed E-state index contributed by atoms with van der Waals surface area (Å²) in [7, 11) is 0. The van der Waals surface area contributed by atoms with Gasteiger partial charge in [0.05, 0.1) is 38.6 Å². The molecule has 3 saturated heterocycles. The average Bonchev–Trinajstić information content (AvgIpc) is 0.785. The maximum atomic E-state index is 13.4. The number of aliphatic hydroxyl groups is 11. The zero-order valence-corrected chi connectivity index (χ0v) is 60.9. The summed E-state index contributed by atoms with van der Waals surface area (Å²) in [6.07, 6.45) is 54.3. The second-order valence-electron chi connectivity index (χ2n) is 27.4. The highest BCUT2D eigenvalue weighted by atomic mass is 16.8. The second-order valence-corrected chi connectivity index (χ2v) is 27.4. The van der Waals surface area contributed by atoms with Crippen molar-refractivity contribution in [1.82, 2.24) is 5.32 Å². The summed E-state index contributed by atoms with van der Waals surface area (Å²) in [6.45, 7) is 1.59. The Labute approximate surface area is 596 Å². The molecule has 3 aliphatic heterocycles. The topological polar surface area (TPSA) is 307 Å². The van der Waals surface area contributed by atoms with Crippen molar-refractivity contribution >= 4 is 5.91 Å². The SMILES string of the molecule is CC/C=C\C/C=C\C/C=C\C/C=C\C/C=C\C/C=C\CCCCCCCCCCCCCCCCCCCCCCCCC(=O)NC(COC1OC(CO)C(OC2OC(CO)C(OC3OC(CO)C(O)C(O)C3O)C(O)C2O)C(O)C1O)C(O)/C=C/CC/C=C/CCCCCCCCC. The van der Waals surface area contributed by atoms with Gasteiger partial charge >= 0.3 is 0 Å². The highest BCUT2D eigenvalue weighted by Gasteiger charge is 2.53. The van der Waals surface area contributed by atoms with E-state index >= 15 is 0 Å². The van der Waals surface area contributed by atoms with Gasteiger partial charge in [-0.1, -0.05) is 278 Å². The fourth-order valence-electron chi connectivity index (χ4n) is 12.6. The molecule has 3 rings (SSSR count). The van der Waals surface area contributed by atoms with Crippen LogP contribution in [-0.2, 0) is 33.2 Å². The maximum absolute atomic E-state index is 13.4. The molecule has 0 spiro atoms. The Kier molecular flexibility index (Phi) is 54.5. The monoisotopic (exact) mass is 1400 g/mol. The number of carbonyl (C=O) groups is 1. The largest absolute Gasteiger partial charge is 0.394 e. The van der Waals surface area contributed by atoms with Crippen LogP contribution in [0.4, 0.5) is 0 Å². The standard InChI is InChI=1S/C80H139NO18/c1-3-5-7-9-11-13-15-17-18-19-20-21-22-23-24-25-26-27-28-29-30-31-32-33-34-35-36-37-38-39-40-41-42-43-44-46-48-50-52-54-56-58-68(86)81-63(64(85)57-55-53-51-49-47-45-16-14-12-10-8-6-4-2)62-94-78-74(92)71(89)76(66(60-83)96-78)99-80-75(93)72(90)77(67(61-84)97-80)98-79-73(91)70(88)69(87)65(59-82)95-79/h5,7,11,13,17-18,20-21,23-24,26-27,47,49,55,57,63-67,69-80,82-85,87-93H,3-4,6,8-10,12,14-16,19,22,25,28-46,48,50-54,56,58-62H2,1-2H3,(H,81,86)/b7-5-,13-11-,18-17-,21-20-,24-23-,27-26-,49-47+,57-55+. The molecule has 12 N–H and O–H groups in total. The Hall–Kier alpha value is -3.29. The number of unbranched alkanes of at least 4 members (excludes halogenated alkanes) is 30. The first kappa shape index (κ1) is 89.9. The van der Waals surface area contributed by atoms with Crippen molar-refractivity contribution in [2.24, 2.45) is 0 Å². The van der Waals surface area contributed by atoms with Crippen LogP contribution < -0.4 is 5.32 Å². The Balaban J connectivity index is 1.28. The van der Waals surface area contributed by atoms with Gasteiger partial charge in [-0.15, -0.1) is 0 Å². The fraction of sp³-hybridized carbons (Fsp3) is 0.787. The molecule has 19 nitrogen and oxygen atoms in total. The number of aliphatic hydroxyl groups excluding tert-OH is 11. The van der Waals surface area contributed by atoms with E-state index in [4.69, 9.17) is 28.4 Å². The second kappa shape index (κ2) is 60.0. The summed E-state index contributed by atoms with van der Waals surface area (Å²) < 4.78 is 34.3. The zero-order chi connectivity index (χ0) is 71.8. The van der Waals surface area contributed by atoms with E-state index in [0.29, 0.717) is 12.8 Å². The highest BCUT2D eigenvalue weighted by Crippen LogP contribution is 2.33. The molecule has 0 radical (unpaired) electrons. The van der Waals surface area contributed by atoms with Crippen LogP contribution in [-0.4, -0.2) is 193 Å². The van der Waals surface area contributed by atoms with Crippen molar-refractivity contribution in [1.29, 1.82) is 0 Å². The van der Waals surface area contributed by atoms with Crippen molar-refractivity contribution in [3.05, 3.63) is 97.2 Å². The van der Waals surface area contributed by atoms with Crippen molar-refractivity contribution in [3.63, 3.8) is 0 Å². The van der Waals surface area contributed by atoms with Gasteiger partial charge in [-0.05, 0) is 83.5 Å². The summed E-state index contributed by atoms with van der Waals surface area (Å²) in [5.74, 6) is -0.285. The molecule has 3 heterocycles. The van der Waals surface area contributed by atoms with Gasteiger partial charge in [0.25, 0.3) is 0 Å². The Morgan fingerprint density at radius 1 is 0.374 bits per heavy atom. The Morgan fingerprint density at radius 3 is 1.13 bits per heavy atom. The molecule has 0 aromatic carbocycles. The summed E-state index contributed by atoms with van der Waals surface area (Å²) in [5.41, 5.74) is 0. The van der Waals surface area contributed by atoms with Crippen LogP contribution in [0.25, 0.3) is 0 Å². The Bertz CT molecular complexity index is 2170. The summed E-state index contributed by atoms with van der Waals surface area (Å²) >= 11 is 0. The molecule has 3 aliphatic rings. The van der Waals surface area contributed by atoms with Crippen LogP contribution in [0.5, 0.6) is 0 Å². The predicted molar refractivity (Wildman–Crippen MR) is 392 cm³/mol. The molecular weight excluding hydrogens is 1260 g/mol. The van der Waals surface area contributed by atoms with Gasteiger partial charge in [-0.3, -0.25) is 4.79 Å². The van der Waals surface area contributed by atoms with E-state index in [1.807, 2.05) is 6.08 Å². The molecule has 0 saturated carbocycles. The number of rotatable bonds is 60. The molecule has 572 valence electrons. The molecule has 0 aliphatic carbocycles. The highest BCUT2D eigenvalue weighted by molar-refractivity contribution is 5.76. The van der Waals surface area contributed by atoms with Gasteiger partial charge in [0, 0.05) is 6.42 Å². The summed E-state index contributed by atoms with van der Waals surface area (Å²) in [4.78, 5) is 13.4. The van der Waals surface area contributed by atoms with Crippen molar-refractivity contribution in [2.75, 3.05) is 26.4 Å². The van der Waals surface area contributed by atoms with Crippen molar-refractivity contribution < 1.29 is 89.4 Å². The molecule has 1 amide bonds. The lowest BCUT2D eigenvalue weighted by atomic mass is 9.96. The minimum Gasteiger partial charge on any atom is -0.394 e. The minimum absolute atomic E-state index is 0.235. The molecule has 3 fully saturated rings. The molecule has 99 heavy (non-hydrogen) atoms. The third-order valence-corrected chi connectivity index (χ3v) is 18.9. The van der Waals surface area contributed by atoms with Gasteiger partial charge < -0.3 is 89.9 Å². The first-order valence-electron chi connectivity index (χ1n) is 39.0. The third-order valence-electron chi connectivity index (χ3n) is 18.9. The van der Waals surface area contributed by atoms with E-state index in [1.54, 1.807) is 6.08 Å². The summed E-state index contributed by atoms with van der Waals surface area (Å²) in [6, 6.07) is -0.992. The van der Waals surface area contributed by atoms with E-state index in [9.17, 15) is 61.0 Å². The van der Waals surface area contributed by atoms with Crippen LogP contribution >= 0.6 is 0 Å². The van der Waals surface area contributed by atoms with E-state index in [-0.39, 0.29) is 18.9 Å². The average molecular weight is 1400 g/mol. The van der Waals surface area contributed by atoms with E-state index in [0.717, 1.165) is 77.0 Å². The number of hydrogen-bond acceptors (Lipinski definition) is 18. The maximum Gasteiger partial charge on any atom is 0.220 e. The molecule has 0 aromatic heterocycles.